The number of rotatable bonds is 5. The summed E-state index contributed by atoms with van der Waals surface area (Å²) in [6.45, 7) is 2.96. The van der Waals surface area contributed by atoms with Crippen LogP contribution < -0.4 is 0 Å². The summed E-state index contributed by atoms with van der Waals surface area (Å²) in [5.74, 6) is -0.741. The number of hydrogen-bond acceptors (Lipinski definition) is 4. The van der Waals surface area contributed by atoms with Crippen molar-refractivity contribution in [1.82, 2.24) is 4.90 Å². The number of imide groups is 1. The molecule has 1 aromatic carbocycles. The Balaban J connectivity index is 2.15. The molecule has 0 bridgehead atoms. The highest BCUT2D eigenvalue weighted by Crippen LogP contribution is 2.23. The van der Waals surface area contributed by atoms with Gasteiger partial charge >= 0.3 is 0 Å². The average molecular weight is 261 g/mol. The predicted molar refractivity (Wildman–Crippen MR) is 68.7 cm³/mol. The van der Waals surface area contributed by atoms with Crippen LogP contribution in [-0.2, 0) is 0 Å². The standard InChI is InChI=1S/C14H15NO4/c1-2-14(19,9-16)7-8-15-12(17)10-5-3-4-6-11(10)13(15)18/h2-6,16,19H,1,7-9H2. The highest BCUT2D eigenvalue weighted by Gasteiger charge is 2.36. The first kappa shape index (κ1) is 13.5. The Kier molecular flexibility index (Phi) is 3.50. The van der Waals surface area contributed by atoms with Gasteiger partial charge in [-0.15, -0.1) is 6.58 Å². The number of carbonyl (C=O) groups excluding carboxylic acids is 2. The van der Waals surface area contributed by atoms with Crippen molar-refractivity contribution in [3.63, 3.8) is 0 Å². The van der Waals surface area contributed by atoms with Crippen LogP contribution in [0.2, 0.25) is 0 Å². The maximum atomic E-state index is 12.0. The zero-order chi connectivity index (χ0) is 14.0. The monoisotopic (exact) mass is 261 g/mol. The van der Waals surface area contributed by atoms with Gasteiger partial charge in [-0.3, -0.25) is 14.5 Å². The van der Waals surface area contributed by atoms with Crippen molar-refractivity contribution in [2.75, 3.05) is 13.2 Å². The second kappa shape index (κ2) is 4.95. The Morgan fingerprint density at radius 1 is 1.21 bits per heavy atom. The van der Waals surface area contributed by atoms with Gasteiger partial charge in [0.15, 0.2) is 0 Å². The minimum Gasteiger partial charge on any atom is -0.393 e. The molecular formula is C14H15NO4. The fourth-order valence-corrected chi connectivity index (χ4v) is 1.99. The van der Waals surface area contributed by atoms with E-state index >= 15 is 0 Å². The van der Waals surface area contributed by atoms with Crippen molar-refractivity contribution < 1.29 is 19.8 Å². The van der Waals surface area contributed by atoms with Crippen molar-refractivity contribution in [2.24, 2.45) is 0 Å². The number of benzene rings is 1. The van der Waals surface area contributed by atoms with Gasteiger partial charge in [-0.05, 0) is 12.1 Å². The van der Waals surface area contributed by atoms with E-state index in [1.165, 1.54) is 6.08 Å². The molecule has 1 atom stereocenters. The molecule has 0 saturated carbocycles. The second-order valence-electron chi connectivity index (χ2n) is 4.52. The summed E-state index contributed by atoms with van der Waals surface area (Å²) in [7, 11) is 0. The normalized spacial score (nSPS) is 17.3. The molecule has 5 heteroatoms. The number of aliphatic hydroxyl groups is 2. The average Bonchev–Trinajstić information content (AvgIpc) is 2.69. The molecular weight excluding hydrogens is 246 g/mol. The largest absolute Gasteiger partial charge is 0.393 e. The van der Waals surface area contributed by atoms with Gasteiger partial charge in [0.25, 0.3) is 11.8 Å². The maximum absolute atomic E-state index is 12.0. The Morgan fingerprint density at radius 3 is 2.16 bits per heavy atom. The predicted octanol–water partition coefficient (Wildman–Crippen LogP) is 0.582. The molecule has 1 heterocycles. The quantitative estimate of drug-likeness (QED) is 0.600. The molecule has 1 aliphatic rings. The van der Waals surface area contributed by atoms with Crippen LogP contribution in [-0.4, -0.2) is 45.7 Å². The Bertz CT molecular complexity index is 505. The Hall–Kier alpha value is -1.98. The van der Waals surface area contributed by atoms with Gasteiger partial charge < -0.3 is 10.2 Å². The zero-order valence-corrected chi connectivity index (χ0v) is 10.4. The van der Waals surface area contributed by atoms with Gasteiger partial charge in [0, 0.05) is 13.0 Å². The fraction of sp³-hybridized carbons (Fsp3) is 0.286. The molecule has 19 heavy (non-hydrogen) atoms. The van der Waals surface area contributed by atoms with Crippen molar-refractivity contribution in [3.8, 4) is 0 Å². The van der Waals surface area contributed by atoms with E-state index in [2.05, 4.69) is 6.58 Å². The summed E-state index contributed by atoms with van der Waals surface area (Å²) in [4.78, 5) is 25.1. The first-order valence-electron chi connectivity index (χ1n) is 5.94. The molecule has 0 fully saturated rings. The van der Waals surface area contributed by atoms with Crippen LogP contribution in [0.1, 0.15) is 27.1 Å². The van der Waals surface area contributed by atoms with E-state index in [4.69, 9.17) is 5.11 Å². The van der Waals surface area contributed by atoms with E-state index < -0.39 is 12.2 Å². The highest BCUT2D eigenvalue weighted by molar-refractivity contribution is 6.21. The minimum atomic E-state index is -1.48. The lowest BCUT2D eigenvalue weighted by atomic mass is 10.0. The molecule has 0 spiro atoms. The first-order valence-corrected chi connectivity index (χ1v) is 5.94. The Labute approximate surface area is 110 Å². The molecule has 1 aliphatic heterocycles. The van der Waals surface area contributed by atoms with E-state index in [1.807, 2.05) is 0 Å². The summed E-state index contributed by atoms with van der Waals surface area (Å²) < 4.78 is 0. The number of carbonyl (C=O) groups is 2. The molecule has 2 amide bonds. The highest BCUT2D eigenvalue weighted by atomic mass is 16.3. The van der Waals surface area contributed by atoms with Gasteiger partial charge in [-0.25, -0.2) is 0 Å². The third-order valence-electron chi connectivity index (χ3n) is 3.30. The van der Waals surface area contributed by atoms with Crippen molar-refractivity contribution in [1.29, 1.82) is 0 Å². The van der Waals surface area contributed by atoms with Crippen LogP contribution in [0.25, 0.3) is 0 Å². The molecule has 1 aromatic rings. The summed E-state index contributed by atoms with van der Waals surface area (Å²) in [6, 6.07) is 6.59. The van der Waals surface area contributed by atoms with Crippen LogP contribution in [0.3, 0.4) is 0 Å². The van der Waals surface area contributed by atoms with Gasteiger partial charge in [0.2, 0.25) is 0 Å². The molecule has 0 radical (unpaired) electrons. The van der Waals surface area contributed by atoms with Crippen molar-refractivity contribution >= 4 is 11.8 Å². The van der Waals surface area contributed by atoms with Crippen molar-refractivity contribution in [3.05, 3.63) is 48.0 Å². The smallest absolute Gasteiger partial charge is 0.261 e. The summed E-state index contributed by atoms with van der Waals surface area (Å²) in [6.07, 6.45) is 1.27. The van der Waals surface area contributed by atoms with E-state index in [-0.39, 0.29) is 24.8 Å². The Morgan fingerprint density at radius 2 is 1.74 bits per heavy atom. The van der Waals surface area contributed by atoms with Gasteiger partial charge in [0.1, 0.15) is 5.60 Å². The van der Waals surface area contributed by atoms with Crippen molar-refractivity contribution in [2.45, 2.75) is 12.0 Å². The number of hydrogen-bond donors (Lipinski definition) is 2. The number of fused-ring (bicyclic) bond motifs is 1. The van der Waals surface area contributed by atoms with Crippen LogP contribution in [0.5, 0.6) is 0 Å². The third kappa shape index (κ3) is 2.30. The lowest BCUT2D eigenvalue weighted by molar-refractivity contribution is 0.0138. The lowest BCUT2D eigenvalue weighted by Gasteiger charge is -2.24. The molecule has 0 aliphatic carbocycles. The van der Waals surface area contributed by atoms with E-state index in [1.54, 1.807) is 24.3 Å². The second-order valence-corrected chi connectivity index (χ2v) is 4.52. The minimum absolute atomic E-state index is 0.0371. The van der Waals surface area contributed by atoms with Crippen LogP contribution in [0, 0.1) is 0 Å². The summed E-state index contributed by atoms with van der Waals surface area (Å²) in [5.41, 5.74) is -0.729. The fourth-order valence-electron chi connectivity index (χ4n) is 1.99. The van der Waals surface area contributed by atoms with E-state index in [0.717, 1.165) is 4.90 Å². The number of aliphatic hydroxyl groups excluding tert-OH is 1. The molecule has 2 rings (SSSR count). The molecule has 1 unspecified atom stereocenters. The number of nitrogens with zero attached hydrogens (tertiary/aromatic N) is 1. The maximum Gasteiger partial charge on any atom is 0.261 e. The lowest BCUT2D eigenvalue weighted by Crippen LogP contribution is -2.38. The first-order chi connectivity index (χ1) is 9.02. The molecule has 100 valence electrons. The van der Waals surface area contributed by atoms with Gasteiger partial charge in [0.05, 0.1) is 17.7 Å². The van der Waals surface area contributed by atoms with Crippen LogP contribution in [0.4, 0.5) is 0 Å². The summed E-state index contributed by atoms with van der Waals surface area (Å²) >= 11 is 0. The topological polar surface area (TPSA) is 77.8 Å². The van der Waals surface area contributed by atoms with Crippen LogP contribution in [0.15, 0.2) is 36.9 Å². The molecule has 0 aromatic heterocycles. The van der Waals surface area contributed by atoms with Gasteiger partial charge in [-0.2, -0.15) is 0 Å². The molecule has 2 N–H and O–H groups in total. The van der Waals surface area contributed by atoms with E-state index in [0.29, 0.717) is 11.1 Å². The molecule has 0 saturated heterocycles. The van der Waals surface area contributed by atoms with E-state index in [9.17, 15) is 14.7 Å². The SMILES string of the molecule is C=CC(O)(CO)CCN1C(=O)c2ccccc2C1=O. The number of amides is 2. The van der Waals surface area contributed by atoms with Crippen LogP contribution >= 0.6 is 0 Å². The zero-order valence-electron chi connectivity index (χ0n) is 10.4. The summed E-state index contributed by atoms with van der Waals surface area (Å²) in [5, 5.41) is 18.9. The molecule has 5 nitrogen and oxygen atoms in total. The third-order valence-corrected chi connectivity index (χ3v) is 3.30. The van der Waals surface area contributed by atoms with Gasteiger partial charge in [-0.1, -0.05) is 18.2 Å².